The molecule has 82 valence electrons. The van der Waals surface area contributed by atoms with E-state index in [1.807, 2.05) is 0 Å². The summed E-state index contributed by atoms with van der Waals surface area (Å²) in [5.41, 5.74) is 5.19. The number of nitrogens with two attached hydrogens (primary N) is 1. The Labute approximate surface area is 83.5 Å². The molecule has 0 aromatic heterocycles. The highest BCUT2D eigenvalue weighted by Crippen LogP contribution is 2.12. The standard InChI is InChI=1S/C9H17NO4/c10-2-4-13-7-9(11)14-6-8-1-3-12-5-8/h8H,1-7,10H2. The maximum absolute atomic E-state index is 11.0. The van der Waals surface area contributed by atoms with Crippen molar-refractivity contribution in [3.05, 3.63) is 0 Å². The molecule has 1 unspecified atom stereocenters. The summed E-state index contributed by atoms with van der Waals surface area (Å²) in [6.45, 7) is 2.70. The summed E-state index contributed by atoms with van der Waals surface area (Å²) < 4.78 is 15.1. The Morgan fingerprint density at radius 1 is 1.57 bits per heavy atom. The van der Waals surface area contributed by atoms with E-state index in [0.717, 1.165) is 13.0 Å². The van der Waals surface area contributed by atoms with E-state index in [2.05, 4.69) is 0 Å². The third-order valence-electron chi connectivity index (χ3n) is 1.99. The third-order valence-corrected chi connectivity index (χ3v) is 1.99. The molecule has 14 heavy (non-hydrogen) atoms. The summed E-state index contributed by atoms with van der Waals surface area (Å²) in [6.07, 6.45) is 0.969. The van der Waals surface area contributed by atoms with Crippen LogP contribution in [0.3, 0.4) is 0 Å². The molecule has 0 saturated carbocycles. The Kier molecular flexibility index (Phi) is 5.51. The van der Waals surface area contributed by atoms with Crippen LogP contribution in [0.1, 0.15) is 6.42 Å². The normalized spacial score (nSPS) is 21.1. The average Bonchev–Trinajstić information content (AvgIpc) is 2.68. The summed E-state index contributed by atoms with van der Waals surface area (Å²) in [5, 5.41) is 0. The van der Waals surface area contributed by atoms with Gasteiger partial charge in [0.25, 0.3) is 0 Å². The zero-order valence-corrected chi connectivity index (χ0v) is 8.24. The molecule has 1 aliphatic rings. The number of carbonyl (C=O) groups is 1. The summed E-state index contributed by atoms with van der Waals surface area (Å²) in [7, 11) is 0. The number of hydrogen-bond acceptors (Lipinski definition) is 5. The lowest BCUT2D eigenvalue weighted by Gasteiger charge is -2.08. The monoisotopic (exact) mass is 203 g/mol. The lowest BCUT2D eigenvalue weighted by Crippen LogP contribution is -2.20. The van der Waals surface area contributed by atoms with Crippen molar-refractivity contribution in [1.29, 1.82) is 0 Å². The van der Waals surface area contributed by atoms with Gasteiger partial charge in [0.1, 0.15) is 6.61 Å². The molecular formula is C9H17NO4. The zero-order valence-electron chi connectivity index (χ0n) is 8.24. The Balaban J connectivity index is 1.96. The topological polar surface area (TPSA) is 70.8 Å². The lowest BCUT2D eigenvalue weighted by atomic mass is 10.1. The summed E-state index contributed by atoms with van der Waals surface area (Å²) in [6, 6.07) is 0. The van der Waals surface area contributed by atoms with Crippen LogP contribution >= 0.6 is 0 Å². The van der Waals surface area contributed by atoms with Gasteiger partial charge in [-0.1, -0.05) is 0 Å². The summed E-state index contributed by atoms with van der Waals surface area (Å²) >= 11 is 0. The summed E-state index contributed by atoms with van der Waals surface area (Å²) in [5.74, 6) is 0.0267. The fourth-order valence-corrected chi connectivity index (χ4v) is 1.21. The minimum absolute atomic E-state index is 0.00915. The molecule has 0 radical (unpaired) electrons. The Bertz CT molecular complexity index is 168. The van der Waals surface area contributed by atoms with Gasteiger partial charge in [0.2, 0.25) is 0 Å². The number of carbonyl (C=O) groups excluding carboxylic acids is 1. The highest BCUT2D eigenvalue weighted by atomic mass is 16.6. The molecule has 0 spiro atoms. The molecule has 5 nitrogen and oxygen atoms in total. The largest absolute Gasteiger partial charge is 0.464 e. The molecule has 1 fully saturated rings. The Morgan fingerprint density at radius 2 is 2.43 bits per heavy atom. The van der Waals surface area contributed by atoms with E-state index < -0.39 is 0 Å². The lowest BCUT2D eigenvalue weighted by molar-refractivity contribution is -0.150. The fraction of sp³-hybridized carbons (Fsp3) is 0.889. The van der Waals surface area contributed by atoms with Crippen LogP contribution in [-0.2, 0) is 19.0 Å². The minimum Gasteiger partial charge on any atom is -0.464 e. The van der Waals surface area contributed by atoms with Gasteiger partial charge in [0.05, 0.1) is 19.8 Å². The van der Waals surface area contributed by atoms with Crippen LogP contribution in [-0.4, -0.2) is 45.5 Å². The quantitative estimate of drug-likeness (QED) is 0.467. The molecule has 1 heterocycles. The zero-order chi connectivity index (χ0) is 10.2. The Hall–Kier alpha value is -0.650. The number of esters is 1. The van der Waals surface area contributed by atoms with E-state index >= 15 is 0 Å². The van der Waals surface area contributed by atoms with Gasteiger partial charge in [-0.05, 0) is 6.42 Å². The molecule has 0 aliphatic carbocycles. The van der Waals surface area contributed by atoms with Gasteiger partial charge in [-0.3, -0.25) is 0 Å². The van der Waals surface area contributed by atoms with Crippen molar-refractivity contribution in [2.24, 2.45) is 11.7 Å². The van der Waals surface area contributed by atoms with Gasteiger partial charge in [0, 0.05) is 19.1 Å². The van der Waals surface area contributed by atoms with Crippen molar-refractivity contribution in [3.8, 4) is 0 Å². The smallest absolute Gasteiger partial charge is 0.332 e. The van der Waals surface area contributed by atoms with Gasteiger partial charge < -0.3 is 19.9 Å². The van der Waals surface area contributed by atoms with Crippen LogP contribution in [0.5, 0.6) is 0 Å². The van der Waals surface area contributed by atoms with E-state index in [-0.39, 0.29) is 12.6 Å². The maximum atomic E-state index is 11.0. The molecule has 0 amide bonds. The number of ether oxygens (including phenoxy) is 3. The van der Waals surface area contributed by atoms with Crippen molar-refractivity contribution in [2.45, 2.75) is 6.42 Å². The number of rotatable bonds is 6. The molecule has 5 heteroatoms. The van der Waals surface area contributed by atoms with E-state index in [1.54, 1.807) is 0 Å². The van der Waals surface area contributed by atoms with Gasteiger partial charge in [-0.25, -0.2) is 4.79 Å². The van der Waals surface area contributed by atoms with E-state index in [1.165, 1.54) is 0 Å². The second-order valence-corrected chi connectivity index (χ2v) is 3.25. The third kappa shape index (κ3) is 4.55. The van der Waals surface area contributed by atoms with Crippen LogP contribution in [0.4, 0.5) is 0 Å². The molecule has 1 rings (SSSR count). The molecule has 0 aromatic rings. The highest BCUT2D eigenvalue weighted by molar-refractivity contribution is 5.70. The van der Waals surface area contributed by atoms with Crippen LogP contribution in [0.25, 0.3) is 0 Å². The molecule has 2 N–H and O–H groups in total. The second-order valence-electron chi connectivity index (χ2n) is 3.25. The molecule has 1 aliphatic heterocycles. The van der Waals surface area contributed by atoms with Gasteiger partial charge in [-0.15, -0.1) is 0 Å². The van der Waals surface area contributed by atoms with Crippen molar-refractivity contribution >= 4 is 5.97 Å². The molecule has 1 saturated heterocycles. The molecule has 0 aromatic carbocycles. The van der Waals surface area contributed by atoms with E-state index in [9.17, 15) is 4.79 Å². The van der Waals surface area contributed by atoms with Crippen LogP contribution in [0.15, 0.2) is 0 Å². The van der Waals surface area contributed by atoms with Gasteiger partial charge >= 0.3 is 5.97 Å². The predicted octanol–water partition coefficient (Wildman–Crippen LogP) is -0.459. The van der Waals surface area contributed by atoms with Crippen molar-refractivity contribution in [1.82, 2.24) is 0 Å². The van der Waals surface area contributed by atoms with Crippen molar-refractivity contribution in [3.63, 3.8) is 0 Å². The maximum Gasteiger partial charge on any atom is 0.332 e. The minimum atomic E-state index is -0.328. The first-order chi connectivity index (χ1) is 6.83. The van der Waals surface area contributed by atoms with Crippen LogP contribution < -0.4 is 5.73 Å². The molecule has 1 atom stereocenters. The highest BCUT2D eigenvalue weighted by Gasteiger charge is 2.17. The van der Waals surface area contributed by atoms with Crippen LogP contribution in [0, 0.1) is 5.92 Å². The first-order valence-corrected chi connectivity index (χ1v) is 4.84. The predicted molar refractivity (Wildman–Crippen MR) is 49.8 cm³/mol. The van der Waals surface area contributed by atoms with Crippen molar-refractivity contribution in [2.75, 3.05) is 39.6 Å². The first kappa shape index (κ1) is 11.4. The number of hydrogen-bond donors (Lipinski definition) is 1. The Morgan fingerprint density at radius 3 is 3.07 bits per heavy atom. The first-order valence-electron chi connectivity index (χ1n) is 4.84. The second kappa shape index (κ2) is 6.75. The van der Waals surface area contributed by atoms with E-state index in [0.29, 0.717) is 32.3 Å². The van der Waals surface area contributed by atoms with Crippen LogP contribution in [0.2, 0.25) is 0 Å². The fourth-order valence-electron chi connectivity index (χ4n) is 1.21. The molecule has 0 bridgehead atoms. The SMILES string of the molecule is NCCOCC(=O)OCC1CCOC1. The average molecular weight is 203 g/mol. The molecular weight excluding hydrogens is 186 g/mol. The van der Waals surface area contributed by atoms with E-state index in [4.69, 9.17) is 19.9 Å². The van der Waals surface area contributed by atoms with Gasteiger partial charge in [0.15, 0.2) is 0 Å². The van der Waals surface area contributed by atoms with Gasteiger partial charge in [-0.2, -0.15) is 0 Å². The van der Waals surface area contributed by atoms with Crippen molar-refractivity contribution < 1.29 is 19.0 Å². The summed E-state index contributed by atoms with van der Waals surface area (Å²) in [4.78, 5) is 11.0.